The lowest BCUT2D eigenvalue weighted by molar-refractivity contribution is 0.0280. The fourth-order valence-electron chi connectivity index (χ4n) is 2.12. The highest BCUT2D eigenvalue weighted by Crippen LogP contribution is 2.22. The molecule has 24 heavy (non-hydrogen) atoms. The summed E-state index contributed by atoms with van der Waals surface area (Å²) in [6.45, 7) is 1.60. The van der Waals surface area contributed by atoms with E-state index in [9.17, 15) is 4.79 Å². The Morgan fingerprint density at radius 2 is 1.83 bits per heavy atom. The molecule has 1 heterocycles. The van der Waals surface area contributed by atoms with Crippen molar-refractivity contribution in [3.05, 3.63) is 71.6 Å². The molecule has 1 N–H and O–H groups in total. The van der Waals surface area contributed by atoms with Crippen molar-refractivity contribution >= 4 is 5.97 Å². The van der Waals surface area contributed by atoms with Crippen molar-refractivity contribution in [1.29, 1.82) is 0 Å². The summed E-state index contributed by atoms with van der Waals surface area (Å²) in [5.41, 5.74) is 1.92. The van der Waals surface area contributed by atoms with Crippen LogP contribution in [0, 0.1) is 0 Å². The highest BCUT2D eigenvalue weighted by atomic mass is 16.6. The van der Waals surface area contributed by atoms with Crippen molar-refractivity contribution in [3.63, 3.8) is 0 Å². The van der Waals surface area contributed by atoms with Crippen LogP contribution in [-0.2, 0) is 11.3 Å². The lowest BCUT2D eigenvalue weighted by Crippen LogP contribution is -2.09. The molecular formula is C18H16N2O4. The molecule has 1 atom stereocenters. The van der Waals surface area contributed by atoms with Gasteiger partial charge in [0, 0.05) is 5.56 Å². The molecule has 0 fully saturated rings. The molecule has 3 rings (SSSR count). The van der Waals surface area contributed by atoms with Gasteiger partial charge in [-0.1, -0.05) is 30.3 Å². The summed E-state index contributed by atoms with van der Waals surface area (Å²) in [5.74, 6) is 0.112. The summed E-state index contributed by atoms with van der Waals surface area (Å²) in [5, 5.41) is 16.9. The number of hydrogen-bond acceptors (Lipinski definition) is 6. The summed E-state index contributed by atoms with van der Waals surface area (Å²) in [4.78, 5) is 12.1. The number of aromatic nitrogens is 2. The van der Waals surface area contributed by atoms with Gasteiger partial charge in [0.2, 0.25) is 5.89 Å². The quantitative estimate of drug-likeness (QED) is 0.726. The molecule has 0 aliphatic rings. The molecule has 0 aliphatic carbocycles. The van der Waals surface area contributed by atoms with E-state index < -0.39 is 12.1 Å². The van der Waals surface area contributed by atoms with Gasteiger partial charge in [-0.15, -0.1) is 10.2 Å². The standard InChI is InChI=1S/C18H16N2O4/c1-12(23-18(22)15-9-7-13(11-21)8-10-15)16-19-20-17(24-16)14-5-3-2-4-6-14/h2-10,12,21H,11H2,1H3/t12-/m1/s1. The first-order valence-corrected chi connectivity index (χ1v) is 7.47. The van der Waals surface area contributed by atoms with Gasteiger partial charge >= 0.3 is 5.97 Å². The molecule has 1 aromatic heterocycles. The van der Waals surface area contributed by atoms with Gasteiger partial charge in [-0.3, -0.25) is 0 Å². The summed E-state index contributed by atoms with van der Waals surface area (Å²) in [7, 11) is 0. The van der Waals surface area contributed by atoms with E-state index in [2.05, 4.69) is 10.2 Å². The molecule has 0 saturated carbocycles. The number of aliphatic hydroxyl groups is 1. The maximum atomic E-state index is 12.1. The van der Waals surface area contributed by atoms with Crippen molar-refractivity contribution in [1.82, 2.24) is 10.2 Å². The zero-order chi connectivity index (χ0) is 16.9. The maximum absolute atomic E-state index is 12.1. The molecular weight excluding hydrogens is 308 g/mol. The van der Waals surface area contributed by atoms with E-state index in [0.717, 1.165) is 11.1 Å². The van der Waals surface area contributed by atoms with E-state index in [1.54, 1.807) is 31.2 Å². The van der Waals surface area contributed by atoms with Gasteiger partial charge in [0.15, 0.2) is 6.10 Å². The van der Waals surface area contributed by atoms with Gasteiger partial charge in [-0.05, 0) is 36.8 Å². The van der Waals surface area contributed by atoms with E-state index in [-0.39, 0.29) is 12.5 Å². The van der Waals surface area contributed by atoms with Gasteiger partial charge in [0.05, 0.1) is 12.2 Å². The highest BCUT2D eigenvalue weighted by Gasteiger charge is 2.19. The number of carbonyl (C=O) groups excluding carboxylic acids is 1. The second kappa shape index (κ2) is 7.06. The fourth-order valence-corrected chi connectivity index (χ4v) is 2.12. The molecule has 0 saturated heterocycles. The third-order valence-electron chi connectivity index (χ3n) is 3.47. The molecule has 6 heteroatoms. The number of esters is 1. The summed E-state index contributed by atoms with van der Waals surface area (Å²) >= 11 is 0. The zero-order valence-electron chi connectivity index (χ0n) is 13.0. The maximum Gasteiger partial charge on any atom is 0.338 e. The predicted molar refractivity (Wildman–Crippen MR) is 85.9 cm³/mol. The van der Waals surface area contributed by atoms with E-state index in [0.29, 0.717) is 11.5 Å². The van der Waals surface area contributed by atoms with Gasteiger partial charge in [0.1, 0.15) is 0 Å². The van der Waals surface area contributed by atoms with Crippen molar-refractivity contribution < 1.29 is 19.1 Å². The van der Waals surface area contributed by atoms with Crippen LogP contribution < -0.4 is 0 Å². The average molecular weight is 324 g/mol. The zero-order valence-corrected chi connectivity index (χ0v) is 13.0. The van der Waals surface area contributed by atoms with Crippen molar-refractivity contribution in [2.45, 2.75) is 19.6 Å². The van der Waals surface area contributed by atoms with Crippen LogP contribution >= 0.6 is 0 Å². The van der Waals surface area contributed by atoms with E-state index in [4.69, 9.17) is 14.3 Å². The first-order valence-electron chi connectivity index (χ1n) is 7.47. The van der Waals surface area contributed by atoms with Crippen LogP contribution in [-0.4, -0.2) is 21.3 Å². The first-order chi connectivity index (χ1) is 11.7. The van der Waals surface area contributed by atoms with E-state index in [1.165, 1.54) is 0 Å². The van der Waals surface area contributed by atoms with Crippen molar-refractivity contribution in [2.75, 3.05) is 0 Å². The number of aliphatic hydroxyl groups excluding tert-OH is 1. The smallest absolute Gasteiger partial charge is 0.338 e. The molecule has 6 nitrogen and oxygen atoms in total. The van der Waals surface area contributed by atoms with Crippen LogP contribution in [0.2, 0.25) is 0 Å². The van der Waals surface area contributed by atoms with Crippen molar-refractivity contribution in [2.24, 2.45) is 0 Å². The Balaban J connectivity index is 1.69. The summed E-state index contributed by atoms with van der Waals surface area (Å²) in [6, 6.07) is 15.9. The molecule has 0 bridgehead atoms. The van der Waals surface area contributed by atoms with Gasteiger partial charge < -0.3 is 14.3 Å². The lowest BCUT2D eigenvalue weighted by Gasteiger charge is -2.09. The molecule has 122 valence electrons. The van der Waals surface area contributed by atoms with Crippen LogP contribution in [0.15, 0.2) is 59.0 Å². The number of hydrogen-bond donors (Lipinski definition) is 1. The second-order valence-corrected chi connectivity index (χ2v) is 5.21. The van der Waals surface area contributed by atoms with E-state index >= 15 is 0 Å². The van der Waals surface area contributed by atoms with Crippen LogP contribution in [0.3, 0.4) is 0 Å². The summed E-state index contributed by atoms with van der Waals surface area (Å²) < 4.78 is 10.9. The Morgan fingerprint density at radius 1 is 1.12 bits per heavy atom. The summed E-state index contributed by atoms with van der Waals surface area (Å²) in [6.07, 6.45) is -0.667. The number of rotatable bonds is 5. The minimum Gasteiger partial charge on any atom is -0.449 e. The third kappa shape index (κ3) is 3.49. The lowest BCUT2D eigenvalue weighted by atomic mass is 10.1. The van der Waals surface area contributed by atoms with Gasteiger partial charge in [0.25, 0.3) is 5.89 Å². The Labute approximate surface area is 138 Å². The SMILES string of the molecule is C[C@@H](OC(=O)c1ccc(CO)cc1)c1nnc(-c2ccccc2)o1. The minimum atomic E-state index is -0.667. The Hall–Kier alpha value is -2.99. The van der Waals surface area contributed by atoms with Crippen LogP contribution in [0.25, 0.3) is 11.5 Å². The normalized spacial score (nSPS) is 11.9. The number of nitrogens with zero attached hydrogens (tertiary/aromatic N) is 2. The number of carbonyl (C=O) groups is 1. The monoisotopic (exact) mass is 324 g/mol. The number of ether oxygens (including phenoxy) is 1. The molecule has 0 aliphatic heterocycles. The third-order valence-corrected chi connectivity index (χ3v) is 3.47. The Morgan fingerprint density at radius 3 is 2.50 bits per heavy atom. The predicted octanol–water partition coefficient (Wildman–Crippen LogP) is 3.15. The molecule has 3 aromatic rings. The second-order valence-electron chi connectivity index (χ2n) is 5.21. The average Bonchev–Trinajstić information content (AvgIpc) is 3.13. The van der Waals surface area contributed by atoms with Gasteiger partial charge in [-0.25, -0.2) is 4.79 Å². The Kier molecular flexibility index (Phi) is 4.67. The number of benzene rings is 2. The molecule has 0 unspecified atom stereocenters. The first kappa shape index (κ1) is 15.9. The van der Waals surface area contributed by atoms with Crippen molar-refractivity contribution in [3.8, 4) is 11.5 Å². The van der Waals surface area contributed by atoms with Gasteiger partial charge in [-0.2, -0.15) is 0 Å². The molecule has 0 amide bonds. The highest BCUT2D eigenvalue weighted by molar-refractivity contribution is 5.89. The minimum absolute atomic E-state index is 0.0734. The molecule has 0 spiro atoms. The van der Waals surface area contributed by atoms with Crippen LogP contribution in [0.1, 0.15) is 34.8 Å². The molecule has 2 aromatic carbocycles. The van der Waals surface area contributed by atoms with E-state index in [1.807, 2.05) is 30.3 Å². The fraction of sp³-hybridized carbons (Fsp3) is 0.167. The topological polar surface area (TPSA) is 85.5 Å². The molecule has 0 radical (unpaired) electrons. The van der Waals surface area contributed by atoms with Crippen LogP contribution in [0.4, 0.5) is 0 Å². The van der Waals surface area contributed by atoms with Crippen LogP contribution in [0.5, 0.6) is 0 Å². The largest absolute Gasteiger partial charge is 0.449 e. The Bertz CT molecular complexity index is 813.